The number of hydrogen-bond acceptors (Lipinski definition) is 7. The fourth-order valence-electron chi connectivity index (χ4n) is 8.31. The zero-order chi connectivity index (χ0) is 47.0. The maximum Gasteiger partial charge on any atom is 0.361 e. The molecule has 0 aromatic rings. The van der Waals surface area contributed by atoms with Crippen LogP contribution in [-0.4, -0.2) is 87.4 Å². The van der Waals surface area contributed by atoms with Crippen molar-refractivity contribution in [2.75, 3.05) is 47.5 Å². The van der Waals surface area contributed by atoms with Crippen molar-refractivity contribution in [2.45, 2.75) is 289 Å². The smallest absolute Gasteiger partial charge is 0.361 e. The molecule has 0 aliphatic heterocycles. The van der Waals surface area contributed by atoms with Gasteiger partial charge in [-0.1, -0.05) is 251 Å². The van der Waals surface area contributed by atoms with Gasteiger partial charge in [0.2, 0.25) is 0 Å². The molecule has 0 saturated carbocycles. The van der Waals surface area contributed by atoms with Crippen LogP contribution in [0.1, 0.15) is 277 Å². The number of quaternary nitrogens is 1. The third kappa shape index (κ3) is 48.2. The molecule has 0 bridgehead atoms. The summed E-state index contributed by atoms with van der Waals surface area (Å²) in [5, 5.41) is 9.64. The summed E-state index contributed by atoms with van der Waals surface area (Å²) in [6.07, 6.45) is 49.3. The first-order valence-electron chi connectivity index (χ1n) is 27.7. The Hall–Kier alpha value is -1.71. The highest BCUT2D eigenvalue weighted by atomic mass is 16.7. The average Bonchev–Trinajstić information content (AvgIpc) is 3.26. The lowest BCUT2D eigenvalue weighted by Crippen LogP contribution is -2.40. The second-order valence-corrected chi connectivity index (χ2v) is 20.3. The Morgan fingerprint density at radius 2 is 0.703 bits per heavy atom. The van der Waals surface area contributed by atoms with Gasteiger partial charge in [0.15, 0.2) is 6.10 Å². The molecule has 9 nitrogen and oxygen atoms in total. The Kier molecular flexibility index (Phi) is 46.5. The highest BCUT2D eigenvalue weighted by Gasteiger charge is 2.25. The van der Waals surface area contributed by atoms with Gasteiger partial charge in [0.25, 0.3) is 6.29 Å². The van der Waals surface area contributed by atoms with Gasteiger partial charge in [-0.25, -0.2) is 4.79 Å². The Morgan fingerprint density at radius 1 is 0.406 bits per heavy atom. The van der Waals surface area contributed by atoms with E-state index in [1.165, 1.54) is 212 Å². The summed E-state index contributed by atoms with van der Waals surface area (Å²) >= 11 is 0. The SMILES string of the molecule is CCCCCCCCCCCCCCCCCCCCCCCCCCCCCCCCCC(=O)OC(COC(=O)CCCCCCCCCC)COC(OCC[N+](C)(C)C)C(=O)O. The Labute approximate surface area is 396 Å². The van der Waals surface area contributed by atoms with Crippen molar-refractivity contribution in [3.05, 3.63) is 0 Å². The number of rotatable bonds is 52. The van der Waals surface area contributed by atoms with Gasteiger partial charge >= 0.3 is 17.9 Å². The minimum atomic E-state index is -1.50. The molecule has 0 aliphatic rings. The molecule has 380 valence electrons. The fourth-order valence-corrected chi connectivity index (χ4v) is 8.31. The number of carbonyl (C=O) groups is 3. The monoisotopic (exact) mass is 911 g/mol. The van der Waals surface area contributed by atoms with E-state index in [9.17, 15) is 19.5 Å². The van der Waals surface area contributed by atoms with E-state index in [0.29, 0.717) is 17.4 Å². The molecular weight excluding hydrogens is 803 g/mol. The third-order valence-corrected chi connectivity index (χ3v) is 12.6. The topological polar surface area (TPSA) is 108 Å². The molecule has 9 heteroatoms. The summed E-state index contributed by atoms with van der Waals surface area (Å²) in [7, 11) is 5.97. The lowest BCUT2D eigenvalue weighted by molar-refractivity contribution is -0.870. The van der Waals surface area contributed by atoms with Crippen LogP contribution < -0.4 is 0 Å². The first-order chi connectivity index (χ1) is 31.1. The fraction of sp³-hybridized carbons (Fsp3) is 0.945. The maximum absolute atomic E-state index is 12.8. The van der Waals surface area contributed by atoms with Crippen molar-refractivity contribution in [3.63, 3.8) is 0 Å². The third-order valence-electron chi connectivity index (χ3n) is 12.6. The van der Waals surface area contributed by atoms with Crippen LogP contribution in [0.5, 0.6) is 0 Å². The maximum atomic E-state index is 12.8. The van der Waals surface area contributed by atoms with Crippen LogP contribution >= 0.6 is 0 Å². The molecule has 1 N–H and O–H groups in total. The summed E-state index contributed by atoms with van der Waals surface area (Å²) in [5.41, 5.74) is 0. The van der Waals surface area contributed by atoms with Gasteiger partial charge < -0.3 is 28.5 Å². The van der Waals surface area contributed by atoms with Gasteiger partial charge in [0, 0.05) is 12.8 Å². The normalized spacial score (nSPS) is 12.7. The molecule has 64 heavy (non-hydrogen) atoms. The predicted molar refractivity (Wildman–Crippen MR) is 268 cm³/mol. The number of esters is 2. The summed E-state index contributed by atoms with van der Waals surface area (Å²) in [5.74, 6) is -1.99. The van der Waals surface area contributed by atoms with Crippen molar-refractivity contribution in [1.29, 1.82) is 0 Å². The number of carbonyl (C=O) groups excluding carboxylic acids is 2. The molecule has 0 aliphatic carbocycles. The molecule has 0 spiro atoms. The highest BCUT2D eigenvalue weighted by molar-refractivity contribution is 5.71. The van der Waals surface area contributed by atoms with Gasteiger partial charge in [0.05, 0.1) is 34.4 Å². The van der Waals surface area contributed by atoms with Gasteiger partial charge in [-0.15, -0.1) is 0 Å². The first-order valence-corrected chi connectivity index (χ1v) is 27.7. The zero-order valence-electron chi connectivity index (χ0n) is 43.2. The molecule has 0 saturated heterocycles. The van der Waals surface area contributed by atoms with Crippen molar-refractivity contribution in [3.8, 4) is 0 Å². The van der Waals surface area contributed by atoms with Crippen LogP contribution in [0.25, 0.3) is 0 Å². The number of carboxylic acid groups (broad SMARTS) is 1. The summed E-state index contributed by atoms with van der Waals surface area (Å²) < 4.78 is 22.7. The Balaban J connectivity index is 3.95. The summed E-state index contributed by atoms with van der Waals surface area (Å²) in [6, 6.07) is 0. The van der Waals surface area contributed by atoms with Gasteiger partial charge in [-0.2, -0.15) is 0 Å². The first kappa shape index (κ1) is 62.3. The second-order valence-electron chi connectivity index (χ2n) is 20.3. The lowest BCUT2D eigenvalue weighted by atomic mass is 10.0. The second kappa shape index (κ2) is 47.8. The molecule has 0 aromatic carbocycles. The van der Waals surface area contributed by atoms with E-state index < -0.39 is 18.4 Å². The van der Waals surface area contributed by atoms with E-state index in [2.05, 4.69) is 13.8 Å². The summed E-state index contributed by atoms with van der Waals surface area (Å²) in [4.78, 5) is 37.1. The number of aliphatic carboxylic acids is 1. The van der Waals surface area contributed by atoms with E-state index >= 15 is 0 Å². The van der Waals surface area contributed by atoms with Crippen LogP contribution in [-0.2, 0) is 33.3 Å². The van der Waals surface area contributed by atoms with Gasteiger partial charge in [-0.05, 0) is 12.8 Å². The quantitative estimate of drug-likeness (QED) is 0.0278. The number of hydrogen-bond donors (Lipinski definition) is 1. The van der Waals surface area contributed by atoms with Crippen molar-refractivity contribution in [2.24, 2.45) is 0 Å². The van der Waals surface area contributed by atoms with Gasteiger partial charge in [-0.3, -0.25) is 9.59 Å². The van der Waals surface area contributed by atoms with E-state index in [-0.39, 0.29) is 38.2 Å². The summed E-state index contributed by atoms with van der Waals surface area (Å²) in [6.45, 7) is 4.89. The number of ether oxygens (including phenoxy) is 4. The van der Waals surface area contributed by atoms with Crippen molar-refractivity contribution in [1.82, 2.24) is 0 Å². The minimum Gasteiger partial charge on any atom is -0.477 e. The van der Waals surface area contributed by atoms with Crippen LogP contribution in [0.15, 0.2) is 0 Å². The molecule has 0 heterocycles. The van der Waals surface area contributed by atoms with Crippen LogP contribution in [0.2, 0.25) is 0 Å². The Morgan fingerprint density at radius 3 is 1.00 bits per heavy atom. The molecule has 0 amide bonds. The average molecular weight is 911 g/mol. The number of nitrogens with zero attached hydrogens (tertiary/aromatic N) is 1. The zero-order valence-corrected chi connectivity index (χ0v) is 43.2. The standard InChI is InChI=1S/C55H107NO8/c1-6-8-10-12-14-16-17-18-19-20-21-22-23-24-25-26-27-28-29-30-31-32-33-34-35-36-37-38-40-42-44-46-53(58)64-51(50-63-55(54(59)60)61-48-47-56(3,4)5)49-62-52(57)45-43-41-39-15-13-11-9-7-2/h51,55H,6-50H2,1-5H3/p+1. The van der Waals surface area contributed by atoms with Crippen LogP contribution in [0, 0.1) is 0 Å². The number of likely N-dealkylation sites (N-methyl/N-ethyl adjacent to an activating group) is 1. The highest BCUT2D eigenvalue weighted by Crippen LogP contribution is 2.18. The minimum absolute atomic E-state index is 0.174. The Bertz CT molecular complexity index is 1020. The molecular formula is C55H108NO8+. The molecule has 0 radical (unpaired) electrons. The molecule has 2 unspecified atom stereocenters. The van der Waals surface area contributed by atoms with Crippen molar-refractivity contribution < 1.29 is 42.9 Å². The predicted octanol–water partition coefficient (Wildman–Crippen LogP) is 15.6. The number of unbranched alkanes of at least 4 members (excludes halogenated alkanes) is 37. The lowest BCUT2D eigenvalue weighted by Gasteiger charge is -2.25. The van der Waals surface area contributed by atoms with Crippen LogP contribution in [0.4, 0.5) is 0 Å². The van der Waals surface area contributed by atoms with E-state index in [1.54, 1.807) is 0 Å². The molecule has 2 atom stereocenters. The van der Waals surface area contributed by atoms with E-state index in [1.807, 2.05) is 21.1 Å². The van der Waals surface area contributed by atoms with Gasteiger partial charge in [0.1, 0.15) is 13.2 Å². The number of carboxylic acids is 1. The van der Waals surface area contributed by atoms with E-state index in [0.717, 1.165) is 38.5 Å². The van der Waals surface area contributed by atoms with Crippen molar-refractivity contribution >= 4 is 17.9 Å². The largest absolute Gasteiger partial charge is 0.477 e. The molecule has 0 rings (SSSR count). The van der Waals surface area contributed by atoms with E-state index in [4.69, 9.17) is 18.9 Å². The molecule has 0 fully saturated rings. The van der Waals surface area contributed by atoms with Crippen LogP contribution in [0.3, 0.4) is 0 Å². The molecule has 0 aromatic heterocycles.